The van der Waals surface area contributed by atoms with Crippen molar-refractivity contribution in [3.05, 3.63) is 35.9 Å². The van der Waals surface area contributed by atoms with E-state index in [1.165, 1.54) is 80.5 Å². The fourth-order valence-electron chi connectivity index (χ4n) is 3.35. The number of unbranched alkanes of at least 4 members (excludes halogenated alkanes) is 9. The van der Waals surface area contributed by atoms with E-state index in [0.29, 0.717) is 11.4 Å². The number of hydrogen-bond acceptors (Lipinski definition) is 2. The van der Waals surface area contributed by atoms with Gasteiger partial charge in [-0.25, -0.2) is 0 Å². The average Bonchev–Trinajstić information content (AvgIpc) is 2.58. The SMILES string of the molecule is CCCCCCCCCCCCc1ccc2cc(N)c(N)cc2c1. The maximum absolute atomic E-state index is 5.92. The quantitative estimate of drug-likeness (QED) is 0.367. The minimum Gasteiger partial charge on any atom is -0.397 e. The van der Waals surface area contributed by atoms with Gasteiger partial charge in [-0.05, 0) is 41.3 Å². The van der Waals surface area contributed by atoms with E-state index in [9.17, 15) is 0 Å². The van der Waals surface area contributed by atoms with Crippen molar-refractivity contribution in [2.45, 2.75) is 77.6 Å². The maximum Gasteiger partial charge on any atom is 0.0554 e. The smallest absolute Gasteiger partial charge is 0.0554 e. The first-order valence-corrected chi connectivity index (χ1v) is 9.78. The summed E-state index contributed by atoms with van der Waals surface area (Å²) in [6.07, 6.45) is 15.0. The number of nitrogens with two attached hydrogens (primary N) is 2. The molecule has 0 radical (unpaired) electrons. The molecule has 0 aliphatic carbocycles. The number of nitrogen functional groups attached to an aromatic ring is 2. The summed E-state index contributed by atoms with van der Waals surface area (Å²) >= 11 is 0. The van der Waals surface area contributed by atoms with Gasteiger partial charge in [-0.1, -0.05) is 82.9 Å². The average molecular weight is 327 g/mol. The highest BCUT2D eigenvalue weighted by atomic mass is 14.7. The van der Waals surface area contributed by atoms with Gasteiger partial charge < -0.3 is 11.5 Å². The van der Waals surface area contributed by atoms with Crippen LogP contribution in [-0.2, 0) is 6.42 Å². The van der Waals surface area contributed by atoms with Crippen LogP contribution in [-0.4, -0.2) is 0 Å². The van der Waals surface area contributed by atoms with Crippen LogP contribution in [0.15, 0.2) is 30.3 Å². The van der Waals surface area contributed by atoms with Gasteiger partial charge in [0.25, 0.3) is 0 Å². The predicted molar refractivity (Wildman–Crippen MR) is 108 cm³/mol. The molecule has 0 atom stereocenters. The molecule has 2 rings (SSSR count). The molecule has 0 unspecified atom stereocenters. The number of benzene rings is 2. The first kappa shape index (κ1) is 18.6. The summed E-state index contributed by atoms with van der Waals surface area (Å²) in [4.78, 5) is 0. The fraction of sp³-hybridized carbons (Fsp3) is 0.545. The Morgan fingerprint density at radius 2 is 1.17 bits per heavy atom. The number of anilines is 2. The van der Waals surface area contributed by atoms with Crippen molar-refractivity contribution >= 4 is 22.1 Å². The Kier molecular flexibility index (Phi) is 7.94. The van der Waals surface area contributed by atoms with Gasteiger partial charge in [0.1, 0.15) is 0 Å². The summed E-state index contributed by atoms with van der Waals surface area (Å²) in [5.41, 5.74) is 14.5. The molecule has 0 bridgehead atoms. The topological polar surface area (TPSA) is 52.0 Å². The third-order valence-electron chi connectivity index (χ3n) is 4.93. The largest absolute Gasteiger partial charge is 0.397 e. The van der Waals surface area contributed by atoms with Crippen molar-refractivity contribution in [2.75, 3.05) is 11.5 Å². The van der Waals surface area contributed by atoms with Crippen LogP contribution in [0.3, 0.4) is 0 Å². The van der Waals surface area contributed by atoms with Crippen molar-refractivity contribution in [3.63, 3.8) is 0 Å². The van der Waals surface area contributed by atoms with E-state index in [2.05, 4.69) is 25.1 Å². The van der Waals surface area contributed by atoms with Gasteiger partial charge in [0.2, 0.25) is 0 Å². The molecule has 0 amide bonds. The first-order chi connectivity index (χ1) is 11.7. The third-order valence-corrected chi connectivity index (χ3v) is 4.93. The summed E-state index contributed by atoms with van der Waals surface area (Å²) in [7, 11) is 0. The predicted octanol–water partition coefficient (Wildman–Crippen LogP) is 6.47. The summed E-state index contributed by atoms with van der Waals surface area (Å²) in [5, 5.41) is 2.37. The van der Waals surface area contributed by atoms with Gasteiger partial charge >= 0.3 is 0 Å². The molecule has 132 valence electrons. The molecule has 2 heteroatoms. The lowest BCUT2D eigenvalue weighted by atomic mass is 10.0. The van der Waals surface area contributed by atoms with E-state index in [0.717, 1.165) is 6.42 Å². The molecule has 2 nitrogen and oxygen atoms in total. The van der Waals surface area contributed by atoms with Gasteiger partial charge in [0.05, 0.1) is 11.4 Å². The highest BCUT2D eigenvalue weighted by Crippen LogP contribution is 2.25. The normalized spacial score (nSPS) is 11.2. The summed E-state index contributed by atoms with van der Waals surface area (Å²) in [6, 6.07) is 10.6. The first-order valence-electron chi connectivity index (χ1n) is 9.78. The Labute approximate surface area is 147 Å². The number of fused-ring (bicyclic) bond motifs is 1. The van der Waals surface area contributed by atoms with E-state index >= 15 is 0 Å². The second-order valence-electron chi connectivity index (χ2n) is 7.09. The van der Waals surface area contributed by atoms with E-state index in [1.54, 1.807) is 0 Å². The minimum absolute atomic E-state index is 0.671. The molecule has 0 heterocycles. The van der Waals surface area contributed by atoms with Crippen molar-refractivity contribution in [2.24, 2.45) is 0 Å². The fourth-order valence-corrected chi connectivity index (χ4v) is 3.35. The maximum atomic E-state index is 5.92. The zero-order valence-electron chi connectivity index (χ0n) is 15.3. The molecular formula is C22H34N2. The lowest BCUT2D eigenvalue weighted by Crippen LogP contribution is -1.94. The Morgan fingerprint density at radius 3 is 1.79 bits per heavy atom. The van der Waals surface area contributed by atoms with Gasteiger partial charge in [0.15, 0.2) is 0 Å². The van der Waals surface area contributed by atoms with Gasteiger partial charge in [-0.15, -0.1) is 0 Å². The summed E-state index contributed by atoms with van der Waals surface area (Å²) < 4.78 is 0. The van der Waals surface area contributed by atoms with E-state index in [1.807, 2.05) is 12.1 Å². The third kappa shape index (κ3) is 6.07. The van der Waals surface area contributed by atoms with Crippen LogP contribution < -0.4 is 11.5 Å². The van der Waals surface area contributed by atoms with Crippen LogP contribution in [0.2, 0.25) is 0 Å². The second kappa shape index (κ2) is 10.2. The van der Waals surface area contributed by atoms with Crippen LogP contribution in [0.1, 0.15) is 76.7 Å². The number of hydrogen-bond donors (Lipinski definition) is 2. The Morgan fingerprint density at radius 1 is 0.625 bits per heavy atom. The van der Waals surface area contributed by atoms with E-state index in [-0.39, 0.29) is 0 Å². The molecule has 4 N–H and O–H groups in total. The van der Waals surface area contributed by atoms with Crippen molar-refractivity contribution in [1.29, 1.82) is 0 Å². The van der Waals surface area contributed by atoms with Crippen molar-refractivity contribution in [1.82, 2.24) is 0 Å². The Balaban J connectivity index is 1.64. The van der Waals surface area contributed by atoms with Crippen LogP contribution in [0, 0.1) is 0 Å². The molecule has 0 saturated heterocycles. The minimum atomic E-state index is 0.671. The molecular weight excluding hydrogens is 292 g/mol. The highest BCUT2D eigenvalue weighted by Gasteiger charge is 2.01. The van der Waals surface area contributed by atoms with E-state index in [4.69, 9.17) is 11.5 Å². The highest BCUT2D eigenvalue weighted by molar-refractivity contribution is 5.91. The van der Waals surface area contributed by atoms with Crippen molar-refractivity contribution < 1.29 is 0 Å². The van der Waals surface area contributed by atoms with Crippen LogP contribution in [0.5, 0.6) is 0 Å². The number of rotatable bonds is 11. The Bertz CT molecular complexity index is 619. The zero-order valence-corrected chi connectivity index (χ0v) is 15.3. The zero-order chi connectivity index (χ0) is 17.2. The van der Waals surface area contributed by atoms with Crippen molar-refractivity contribution in [3.8, 4) is 0 Å². The molecule has 24 heavy (non-hydrogen) atoms. The van der Waals surface area contributed by atoms with Gasteiger partial charge in [-0.3, -0.25) is 0 Å². The van der Waals surface area contributed by atoms with E-state index < -0.39 is 0 Å². The molecule has 0 aliphatic rings. The van der Waals surface area contributed by atoms with Crippen LogP contribution in [0.25, 0.3) is 10.8 Å². The summed E-state index contributed by atoms with van der Waals surface area (Å²) in [6.45, 7) is 2.28. The van der Waals surface area contributed by atoms with Gasteiger partial charge in [-0.2, -0.15) is 0 Å². The molecule has 2 aromatic carbocycles. The van der Waals surface area contributed by atoms with Crippen LogP contribution >= 0.6 is 0 Å². The molecule has 0 aliphatic heterocycles. The molecule has 0 saturated carbocycles. The van der Waals surface area contributed by atoms with Crippen LogP contribution in [0.4, 0.5) is 11.4 Å². The Hall–Kier alpha value is -1.70. The second-order valence-corrected chi connectivity index (χ2v) is 7.09. The molecule has 2 aromatic rings. The molecule has 0 aromatic heterocycles. The summed E-state index contributed by atoms with van der Waals surface area (Å²) in [5.74, 6) is 0. The molecule has 0 spiro atoms. The lowest BCUT2D eigenvalue weighted by molar-refractivity contribution is 0.556. The van der Waals surface area contributed by atoms with Gasteiger partial charge in [0, 0.05) is 0 Å². The standard InChI is InChI=1S/C22H34N2/c1-2-3-4-5-6-7-8-9-10-11-12-18-13-14-19-16-21(23)22(24)17-20(19)15-18/h13-17H,2-12,23-24H2,1H3. The lowest BCUT2D eigenvalue weighted by Gasteiger charge is -2.07. The molecule has 0 fully saturated rings. The monoisotopic (exact) mass is 326 g/mol. The number of aryl methyl sites for hydroxylation is 1.